The number of amides is 1. The molecular weight excluding hydrogens is 302 g/mol. The summed E-state index contributed by atoms with van der Waals surface area (Å²) in [6, 6.07) is 0.545. The highest BCUT2D eigenvalue weighted by Crippen LogP contribution is 2.28. The van der Waals surface area contributed by atoms with Crippen molar-refractivity contribution in [2.45, 2.75) is 70.6 Å². The Labute approximate surface area is 147 Å². The van der Waals surface area contributed by atoms with E-state index in [0.717, 1.165) is 70.9 Å². The fraction of sp³-hybridized carbons (Fsp3) is 0.947. The smallest absolute Gasteiger partial charge is 0.251 e. The number of likely N-dealkylation sites (tertiary alicyclic amines) is 1. The summed E-state index contributed by atoms with van der Waals surface area (Å²) >= 11 is 0. The van der Waals surface area contributed by atoms with Crippen LogP contribution in [0.2, 0.25) is 0 Å². The Morgan fingerprint density at radius 2 is 2.00 bits per heavy atom. The Bertz CT molecular complexity index is 411. The number of hydrogen-bond acceptors (Lipinski definition) is 4. The molecule has 138 valence electrons. The van der Waals surface area contributed by atoms with Gasteiger partial charge in [-0.05, 0) is 31.6 Å². The maximum Gasteiger partial charge on any atom is 0.251 e. The minimum atomic E-state index is -0.234. The van der Waals surface area contributed by atoms with E-state index < -0.39 is 0 Å². The molecule has 0 aromatic heterocycles. The molecule has 3 aliphatic rings. The molecule has 4 atom stereocenters. The van der Waals surface area contributed by atoms with Crippen molar-refractivity contribution in [1.29, 1.82) is 0 Å². The summed E-state index contributed by atoms with van der Waals surface area (Å²) in [6.07, 6.45) is 6.75. The molecule has 5 heteroatoms. The van der Waals surface area contributed by atoms with Crippen molar-refractivity contribution in [2.24, 2.45) is 5.92 Å². The number of piperazine rings is 1. The van der Waals surface area contributed by atoms with E-state index in [-0.39, 0.29) is 18.1 Å². The fourth-order valence-corrected chi connectivity index (χ4v) is 4.55. The Morgan fingerprint density at radius 1 is 1.21 bits per heavy atom. The van der Waals surface area contributed by atoms with Gasteiger partial charge in [0.1, 0.15) is 6.10 Å². The van der Waals surface area contributed by atoms with E-state index in [9.17, 15) is 4.79 Å². The van der Waals surface area contributed by atoms with Crippen LogP contribution in [0.1, 0.15) is 52.4 Å². The molecule has 2 aliphatic heterocycles. The van der Waals surface area contributed by atoms with Crippen molar-refractivity contribution in [3.63, 3.8) is 0 Å². The average Bonchev–Trinajstić information content (AvgIpc) is 3.10. The van der Waals surface area contributed by atoms with E-state index in [0.29, 0.717) is 6.04 Å². The number of hydrogen-bond donors (Lipinski definition) is 1. The molecule has 0 aromatic carbocycles. The Hall–Kier alpha value is -0.650. The van der Waals surface area contributed by atoms with Crippen molar-refractivity contribution >= 4 is 5.91 Å². The third-order valence-corrected chi connectivity index (χ3v) is 6.03. The number of nitrogens with one attached hydrogen (secondary N) is 1. The van der Waals surface area contributed by atoms with Crippen molar-refractivity contribution in [2.75, 3.05) is 39.3 Å². The lowest BCUT2D eigenvalue weighted by atomic mass is 9.88. The number of nitrogens with zero attached hydrogens (tertiary/aromatic N) is 2. The second-order valence-corrected chi connectivity index (χ2v) is 7.94. The molecule has 3 rings (SSSR count). The van der Waals surface area contributed by atoms with Crippen molar-refractivity contribution < 1.29 is 9.53 Å². The highest BCUT2D eigenvalue weighted by Gasteiger charge is 2.35. The molecule has 1 aliphatic carbocycles. The van der Waals surface area contributed by atoms with Gasteiger partial charge in [0.15, 0.2) is 0 Å². The fourth-order valence-electron chi connectivity index (χ4n) is 4.55. The third-order valence-electron chi connectivity index (χ3n) is 6.03. The maximum atomic E-state index is 12.9. The normalized spacial score (nSPS) is 33.6. The molecule has 5 nitrogen and oxygen atoms in total. The first-order valence-electron chi connectivity index (χ1n) is 10.1. The summed E-state index contributed by atoms with van der Waals surface area (Å²) in [5.74, 6) is 0.966. The van der Waals surface area contributed by atoms with Crippen LogP contribution >= 0.6 is 0 Å². The standard InChI is InChI=1S/C19H35N3O2/c1-3-18(24-17-6-4-5-15(2)13-17)19(23)22-10-7-16(14-22)21-11-8-20-9-12-21/h15-18,20H,3-14H2,1-2H3. The number of rotatable bonds is 5. The van der Waals surface area contributed by atoms with Crippen LogP contribution in [-0.2, 0) is 9.53 Å². The number of carbonyl (C=O) groups excluding carboxylic acids is 1. The van der Waals surface area contributed by atoms with Gasteiger partial charge in [-0.1, -0.05) is 26.7 Å². The number of ether oxygens (including phenoxy) is 1. The minimum absolute atomic E-state index is 0.230. The highest BCUT2D eigenvalue weighted by molar-refractivity contribution is 5.81. The Balaban J connectivity index is 1.50. The Kier molecular flexibility index (Phi) is 6.53. The average molecular weight is 338 g/mol. The van der Waals surface area contributed by atoms with Gasteiger partial charge in [0.2, 0.25) is 0 Å². The van der Waals surface area contributed by atoms with Gasteiger partial charge >= 0.3 is 0 Å². The second kappa shape index (κ2) is 8.63. The summed E-state index contributed by atoms with van der Waals surface area (Å²) in [5.41, 5.74) is 0. The lowest BCUT2D eigenvalue weighted by Crippen LogP contribution is -2.50. The van der Waals surface area contributed by atoms with E-state index in [1.54, 1.807) is 0 Å². The van der Waals surface area contributed by atoms with Crippen LogP contribution in [0, 0.1) is 5.92 Å². The lowest BCUT2D eigenvalue weighted by Gasteiger charge is -2.33. The van der Waals surface area contributed by atoms with Crippen LogP contribution in [0.3, 0.4) is 0 Å². The van der Waals surface area contributed by atoms with Crippen molar-refractivity contribution in [3.05, 3.63) is 0 Å². The first kappa shape index (κ1) is 18.2. The largest absolute Gasteiger partial charge is 0.365 e. The molecule has 24 heavy (non-hydrogen) atoms. The monoisotopic (exact) mass is 337 g/mol. The molecule has 3 fully saturated rings. The molecule has 2 saturated heterocycles. The predicted octanol–water partition coefficient (Wildman–Crippen LogP) is 1.87. The van der Waals surface area contributed by atoms with Crippen LogP contribution in [-0.4, -0.2) is 73.2 Å². The molecule has 1 N–H and O–H groups in total. The van der Waals surface area contributed by atoms with Gasteiger partial charge in [-0.15, -0.1) is 0 Å². The summed E-state index contributed by atoms with van der Waals surface area (Å²) in [4.78, 5) is 17.5. The lowest BCUT2D eigenvalue weighted by molar-refractivity contribution is -0.149. The van der Waals surface area contributed by atoms with Crippen LogP contribution < -0.4 is 5.32 Å². The first-order chi connectivity index (χ1) is 11.7. The summed E-state index contributed by atoms with van der Waals surface area (Å²) in [5, 5.41) is 3.41. The third kappa shape index (κ3) is 4.50. The first-order valence-corrected chi connectivity index (χ1v) is 10.1. The quantitative estimate of drug-likeness (QED) is 0.832. The highest BCUT2D eigenvalue weighted by atomic mass is 16.5. The van der Waals surface area contributed by atoms with Gasteiger partial charge < -0.3 is 15.0 Å². The van der Waals surface area contributed by atoms with Gasteiger partial charge in [0.25, 0.3) is 5.91 Å². The van der Waals surface area contributed by atoms with Gasteiger partial charge in [-0.3, -0.25) is 9.69 Å². The topological polar surface area (TPSA) is 44.8 Å². The molecule has 0 radical (unpaired) electrons. The molecule has 1 amide bonds. The van der Waals surface area contributed by atoms with E-state index >= 15 is 0 Å². The molecular formula is C19H35N3O2. The molecule has 4 unspecified atom stereocenters. The van der Waals surface area contributed by atoms with Gasteiger partial charge in [-0.2, -0.15) is 0 Å². The molecule has 2 heterocycles. The zero-order valence-corrected chi connectivity index (χ0v) is 15.5. The zero-order chi connectivity index (χ0) is 16.9. The summed E-state index contributed by atoms with van der Waals surface area (Å²) in [6.45, 7) is 10.5. The predicted molar refractivity (Wildman–Crippen MR) is 96.0 cm³/mol. The van der Waals surface area contributed by atoms with Gasteiger partial charge in [0, 0.05) is 45.3 Å². The minimum Gasteiger partial charge on any atom is -0.365 e. The van der Waals surface area contributed by atoms with E-state index in [1.807, 2.05) is 0 Å². The van der Waals surface area contributed by atoms with Crippen molar-refractivity contribution in [3.8, 4) is 0 Å². The van der Waals surface area contributed by atoms with Gasteiger partial charge in [0.05, 0.1) is 6.10 Å². The molecule has 0 spiro atoms. The molecule has 0 bridgehead atoms. The van der Waals surface area contributed by atoms with Crippen molar-refractivity contribution in [1.82, 2.24) is 15.1 Å². The van der Waals surface area contributed by atoms with E-state index in [1.165, 1.54) is 12.8 Å². The zero-order valence-electron chi connectivity index (χ0n) is 15.5. The van der Waals surface area contributed by atoms with Crippen LogP contribution in [0.4, 0.5) is 0 Å². The molecule has 1 saturated carbocycles. The van der Waals surface area contributed by atoms with Gasteiger partial charge in [-0.25, -0.2) is 0 Å². The maximum absolute atomic E-state index is 12.9. The number of carbonyl (C=O) groups is 1. The SMILES string of the molecule is CCC(OC1CCCC(C)C1)C(=O)N1CCC(N2CCNCC2)C1. The van der Waals surface area contributed by atoms with E-state index in [4.69, 9.17) is 4.74 Å². The molecule has 0 aromatic rings. The van der Waals surface area contributed by atoms with E-state index in [2.05, 4.69) is 29.0 Å². The van der Waals surface area contributed by atoms with Crippen LogP contribution in [0.15, 0.2) is 0 Å². The summed E-state index contributed by atoms with van der Waals surface area (Å²) in [7, 11) is 0. The van der Waals surface area contributed by atoms with Crippen LogP contribution in [0.5, 0.6) is 0 Å². The van der Waals surface area contributed by atoms with Crippen LogP contribution in [0.25, 0.3) is 0 Å². The second-order valence-electron chi connectivity index (χ2n) is 7.94. The Morgan fingerprint density at radius 3 is 2.71 bits per heavy atom. The summed E-state index contributed by atoms with van der Waals surface area (Å²) < 4.78 is 6.25.